The molecule has 0 radical (unpaired) electrons. The summed E-state index contributed by atoms with van der Waals surface area (Å²) in [5.41, 5.74) is -0.413. The average molecular weight is 244 g/mol. The van der Waals surface area contributed by atoms with Gasteiger partial charge in [-0.1, -0.05) is 25.8 Å². The summed E-state index contributed by atoms with van der Waals surface area (Å²) < 4.78 is 6.46. The average Bonchev–Trinajstić information content (AvgIpc) is 2.24. The molecule has 3 heteroatoms. The molecule has 0 saturated carbocycles. The van der Waals surface area contributed by atoms with Crippen LogP contribution in [0.25, 0.3) is 0 Å². The first kappa shape index (κ1) is 16.6. The molecule has 2 atom stereocenters. The summed E-state index contributed by atoms with van der Waals surface area (Å²) in [6.45, 7) is 10.6. The zero-order valence-corrected chi connectivity index (χ0v) is 12.2. The summed E-state index contributed by atoms with van der Waals surface area (Å²) in [6.07, 6.45) is 5.58. The molecule has 0 amide bonds. The highest BCUT2D eigenvalue weighted by Crippen LogP contribution is 2.29. The topological polar surface area (TPSA) is 29.5 Å². The van der Waals surface area contributed by atoms with Crippen LogP contribution in [0.2, 0.25) is 0 Å². The minimum absolute atomic E-state index is 0.413. The molecule has 0 aromatic carbocycles. The minimum Gasteiger partial charge on any atom is -0.345 e. The summed E-state index contributed by atoms with van der Waals surface area (Å²) in [7, 11) is 3.99. The Hall–Kier alpha value is -0.380. The third-order valence-corrected chi connectivity index (χ3v) is 3.84. The molecule has 0 saturated heterocycles. The first-order valence-corrected chi connectivity index (χ1v) is 6.58. The van der Waals surface area contributed by atoms with E-state index >= 15 is 0 Å². The largest absolute Gasteiger partial charge is 0.345 e. The molecule has 0 rings (SSSR count). The molecule has 0 spiro atoms. The lowest BCUT2D eigenvalue weighted by Crippen LogP contribution is -2.63. The second-order valence-corrected chi connectivity index (χ2v) is 5.40. The second kappa shape index (κ2) is 7.14. The number of aliphatic hydroxyl groups excluding tert-OH is 1. The third kappa shape index (κ3) is 4.41. The van der Waals surface area contributed by atoms with Crippen molar-refractivity contribution >= 4 is 0 Å². The van der Waals surface area contributed by atoms with Gasteiger partial charge in [0.1, 0.15) is 0 Å². The van der Waals surface area contributed by atoms with Gasteiger partial charge >= 0.3 is 0 Å². The number of hydrogen-bond donors (Lipinski definition) is 1. The molecule has 0 aliphatic heterocycles. The van der Waals surface area contributed by atoms with E-state index in [9.17, 15) is 5.11 Å². The Labute approximate surface area is 107 Å². The Bertz CT molecular complexity index is 226. The summed E-state index contributed by atoms with van der Waals surface area (Å²) >= 11 is 0. The van der Waals surface area contributed by atoms with E-state index in [1.54, 1.807) is 6.92 Å². The van der Waals surface area contributed by atoms with Crippen LogP contribution in [0.5, 0.6) is 0 Å². The quantitative estimate of drug-likeness (QED) is 0.292. The third-order valence-electron chi connectivity index (χ3n) is 3.84. The maximum atomic E-state index is 9.90. The highest BCUT2D eigenvalue weighted by molar-refractivity contribution is 4.78. The fourth-order valence-electron chi connectivity index (χ4n) is 1.77. The van der Waals surface area contributed by atoms with Gasteiger partial charge in [-0.05, 0) is 6.42 Å². The lowest BCUT2D eigenvalue weighted by Gasteiger charge is -2.47. The van der Waals surface area contributed by atoms with Crippen LogP contribution in [0.1, 0.15) is 46.5 Å². The fourth-order valence-corrected chi connectivity index (χ4v) is 1.77. The fraction of sp³-hybridized carbons (Fsp3) is 0.857. The molecule has 0 aromatic rings. The van der Waals surface area contributed by atoms with Gasteiger partial charge in [-0.2, -0.15) is 0 Å². The maximum absolute atomic E-state index is 9.90. The molecule has 0 fully saturated rings. The van der Waals surface area contributed by atoms with E-state index in [-0.39, 0.29) is 0 Å². The lowest BCUT2D eigenvalue weighted by molar-refractivity contribution is -1.00. The smallest absolute Gasteiger partial charge is 0.205 e. The minimum atomic E-state index is -0.467. The van der Waals surface area contributed by atoms with E-state index < -0.39 is 12.0 Å². The van der Waals surface area contributed by atoms with Crippen molar-refractivity contribution in [2.45, 2.75) is 58.4 Å². The van der Waals surface area contributed by atoms with E-state index in [0.717, 1.165) is 19.4 Å². The van der Waals surface area contributed by atoms with Gasteiger partial charge in [0.15, 0.2) is 6.23 Å². The normalized spacial score (nSPS) is 17.5. The van der Waals surface area contributed by atoms with Crippen LogP contribution in [-0.2, 0) is 4.74 Å². The van der Waals surface area contributed by atoms with Crippen LogP contribution in [-0.4, -0.2) is 42.2 Å². The van der Waals surface area contributed by atoms with Gasteiger partial charge in [-0.3, -0.25) is 4.48 Å². The van der Waals surface area contributed by atoms with Crippen LogP contribution in [0.3, 0.4) is 0 Å². The molecule has 3 nitrogen and oxygen atoms in total. The van der Waals surface area contributed by atoms with E-state index in [1.165, 1.54) is 12.8 Å². The van der Waals surface area contributed by atoms with Crippen molar-refractivity contribution in [3.8, 4) is 0 Å². The van der Waals surface area contributed by atoms with Gasteiger partial charge in [0.25, 0.3) is 0 Å². The molecule has 0 aliphatic carbocycles. The van der Waals surface area contributed by atoms with Crippen LogP contribution >= 0.6 is 0 Å². The van der Waals surface area contributed by atoms with Crippen LogP contribution < -0.4 is 0 Å². The molecule has 102 valence electrons. The zero-order chi connectivity index (χ0) is 13.5. The Morgan fingerprint density at radius 3 is 2.41 bits per heavy atom. The first-order chi connectivity index (χ1) is 7.81. The zero-order valence-electron chi connectivity index (χ0n) is 12.2. The summed E-state index contributed by atoms with van der Waals surface area (Å²) in [5, 5.41) is 9.90. The van der Waals surface area contributed by atoms with Gasteiger partial charge in [0, 0.05) is 20.3 Å². The standard InChI is InChI=1S/C14H30NO2/c1-7-9-10-12-17-14(4,11-8-2)15(5,6)13(3)16/h8,13,16H,2,7,9-12H2,1,3-6H3/q+1. The molecule has 0 heterocycles. The molecular formula is C14H30NO2+. The highest BCUT2D eigenvalue weighted by atomic mass is 16.5. The van der Waals surface area contributed by atoms with E-state index in [0.29, 0.717) is 4.48 Å². The molecule has 17 heavy (non-hydrogen) atoms. The predicted molar refractivity (Wildman–Crippen MR) is 72.5 cm³/mol. The van der Waals surface area contributed by atoms with Gasteiger partial charge in [-0.25, -0.2) is 0 Å². The Kier molecular flexibility index (Phi) is 6.98. The molecule has 0 aromatic heterocycles. The molecular weight excluding hydrogens is 214 g/mol. The van der Waals surface area contributed by atoms with Crippen molar-refractivity contribution in [2.24, 2.45) is 0 Å². The van der Waals surface area contributed by atoms with Crippen molar-refractivity contribution in [1.82, 2.24) is 0 Å². The van der Waals surface area contributed by atoms with E-state index in [4.69, 9.17) is 4.74 Å². The molecule has 0 aliphatic rings. The Balaban J connectivity index is 4.60. The maximum Gasteiger partial charge on any atom is 0.205 e. The summed E-state index contributed by atoms with van der Waals surface area (Å²) in [5.74, 6) is 0. The number of aliphatic hydroxyl groups is 1. The number of unbranched alkanes of at least 4 members (excludes halogenated alkanes) is 2. The number of ether oxygens (including phenoxy) is 1. The summed E-state index contributed by atoms with van der Waals surface area (Å²) in [4.78, 5) is 0. The molecule has 0 bridgehead atoms. The second-order valence-electron chi connectivity index (χ2n) is 5.40. The molecule has 2 unspecified atom stereocenters. The highest BCUT2D eigenvalue weighted by Gasteiger charge is 2.44. The Morgan fingerprint density at radius 2 is 2.00 bits per heavy atom. The van der Waals surface area contributed by atoms with Gasteiger partial charge in [-0.15, -0.1) is 6.58 Å². The van der Waals surface area contributed by atoms with Crippen LogP contribution in [0, 0.1) is 0 Å². The number of rotatable bonds is 9. The SMILES string of the molecule is C=CCC(C)(OCCCCC)[N+](C)(C)C(C)O. The van der Waals surface area contributed by atoms with Gasteiger partial charge < -0.3 is 9.84 Å². The van der Waals surface area contributed by atoms with Crippen molar-refractivity contribution in [3.05, 3.63) is 12.7 Å². The number of nitrogens with zero attached hydrogens (tertiary/aromatic N) is 1. The predicted octanol–water partition coefficient (Wildman–Crippen LogP) is 2.90. The first-order valence-electron chi connectivity index (χ1n) is 6.58. The number of quaternary nitrogens is 1. The monoisotopic (exact) mass is 244 g/mol. The van der Waals surface area contributed by atoms with Crippen LogP contribution in [0.4, 0.5) is 0 Å². The van der Waals surface area contributed by atoms with Crippen molar-refractivity contribution in [2.75, 3.05) is 20.7 Å². The lowest BCUT2D eigenvalue weighted by atomic mass is 10.1. The van der Waals surface area contributed by atoms with Crippen molar-refractivity contribution in [1.29, 1.82) is 0 Å². The van der Waals surface area contributed by atoms with Gasteiger partial charge in [0.05, 0.1) is 20.7 Å². The summed E-state index contributed by atoms with van der Waals surface area (Å²) in [6, 6.07) is 0. The number of hydrogen-bond acceptors (Lipinski definition) is 2. The van der Waals surface area contributed by atoms with Crippen molar-refractivity contribution < 1.29 is 14.3 Å². The van der Waals surface area contributed by atoms with Gasteiger partial charge in [0.2, 0.25) is 5.72 Å². The van der Waals surface area contributed by atoms with Crippen molar-refractivity contribution in [3.63, 3.8) is 0 Å². The van der Waals surface area contributed by atoms with Crippen LogP contribution in [0.15, 0.2) is 12.7 Å². The molecule has 1 N–H and O–H groups in total. The van der Waals surface area contributed by atoms with E-state index in [1.807, 2.05) is 27.1 Å². The van der Waals surface area contributed by atoms with E-state index in [2.05, 4.69) is 13.5 Å². The Morgan fingerprint density at radius 1 is 1.41 bits per heavy atom.